The molecule has 1 atom stereocenters. The molecule has 0 amide bonds. The van der Waals surface area contributed by atoms with Crippen molar-refractivity contribution in [2.45, 2.75) is 44.9 Å². The molecule has 1 N–H and O–H groups in total. The fourth-order valence-electron chi connectivity index (χ4n) is 5.33. The lowest BCUT2D eigenvalue weighted by molar-refractivity contribution is 0.0624. The first-order chi connectivity index (χ1) is 14.8. The van der Waals surface area contributed by atoms with E-state index in [1.165, 1.54) is 47.0 Å². The quantitative estimate of drug-likeness (QED) is 0.681. The number of para-hydroxylation sites is 1. The number of piperazine rings is 1. The Balaban J connectivity index is 1.20. The highest BCUT2D eigenvalue weighted by molar-refractivity contribution is 5.85. The number of aromatic nitrogens is 1. The fourth-order valence-corrected chi connectivity index (χ4v) is 5.33. The Morgan fingerprint density at radius 3 is 2.30 bits per heavy atom. The first kappa shape index (κ1) is 19.8. The molecule has 4 nitrogen and oxygen atoms in total. The number of hydrogen-bond donors (Lipinski definition) is 1. The van der Waals surface area contributed by atoms with Gasteiger partial charge in [0.2, 0.25) is 0 Å². The summed E-state index contributed by atoms with van der Waals surface area (Å²) >= 11 is 0. The second-order valence-corrected chi connectivity index (χ2v) is 8.98. The molecule has 1 aliphatic heterocycles. The highest BCUT2D eigenvalue weighted by Gasteiger charge is 2.23. The van der Waals surface area contributed by atoms with E-state index in [2.05, 4.69) is 69.0 Å². The van der Waals surface area contributed by atoms with Crippen LogP contribution in [0.3, 0.4) is 0 Å². The summed E-state index contributed by atoms with van der Waals surface area (Å²) < 4.78 is 2.42. The van der Waals surface area contributed by atoms with Gasteiger partial charge in [-0.3, -0.25) is 9.80 Å². The normalized spacial score (nSPS) is 19.1. The number of aliphatic hydroxyl groups is 1. The van der Waals surface area contributed by atoms with Crippen molar-refractivity contribution in [1.82, 2.24) is 14.4 Å². The van der Waals surface area contributed by atoms with Gasteiger partial charge >= 0.3 is 0 Å². The SMILES string of the molecule is O[C@H](CN1CCN(Cc2ccccc2)CC1)Cn1c2c(c3ccccc31)CCCC2. The van der Waals surface area contributed by atoms with Crippen LogP contribution < -0.4 is 0 Å². The van der Waals surface area contributed by atoms with Crippen LogP contribution in [0.1, 0.15) is 29.7 Å². The van der Waals surface area contributed by atoms with Gasteiger partial charge < -0.3 is 9.67 Å². The standard InChI is InChI=1S/C26H33N3O/c30-22(19-28-16-14-27(15-17-28)18-21-8-2-1-3-9-21)20-29-25-12-6-4-10-23(25)24-11-5-7-13-26(24)29/h1-4,6,8-10,12,22,30H,5,7,11,13-20H2/t22-/m1/s1. The van der Waals surface area contributed by atoms with Crippen LogP contribution in [0.25, 0.3) is 10.9 Å². The van der Waals surface area contributed by atoms with Crippen LogP contribution >= 0.6 is 0 Å². The highest BCUT2D eigenvalue weighted by atomic mass is 16.3. The van der Waals surface area contributed by atoms with Crippen molar-refractivity contribution in [2.75, 3.05) is 32.7 Å². The van der Waals surface area contributed by atoms with Crippen LogP contribution in [-0.4, -0.2) is 58.3 Å². The minimum Gasteiger partial charge on any atom is -0.390 e. The third-order valence-electron chi connectivity index (χ3n) is 6.86. The Hall–Kier alpha value is -2.14. The predicted octanol–water partition coefficient (Wildman–Crippen LogP) is 3.70. The number of β-amino-alcohol motifs (C(OH)–C–C–N with tert-alkyl or cyclic N) is 1. The van der Waals surface area contributed by atoms with Crippen LogP contribution in [-0.2, 0) is 25.9 Å². The van der Waals surface area contributed by atoms with Crippen molar-refractivity contribution in [3.05, 3.63) is 71.4 Å². The van der Waals surface area contributed by atoms with E-state index in [1.807, 2.05) is 0 Å². The molecule has 4 heteroatoms. The van der Waals surface area contributed by atoms with E-state index >= 15 is 0 Å². The third-order valence-corrected chi connectivity index (χ3v) is 6.86. The van der Waals surface area contributed by atoms with Crippen LogP contribution in [0.15, 0.2) is 54.6 Å². The highest BCUT2D eigenvalue weighted by Crippen LogP contribution is 2.32. The average Bonchev–Trinajstić information content (AvgIpc) is 3.10. The maximum atomic E-state index is 11.0. The molecule has 1 saturated heterocycles. The monoisotopic (exact) mass is 403 g/mol. The van der Waals surface area contributed by atoms with E-state index in [4.69, 9.17) is 0 Å². The molecule has 1 aromatic heterocycles. The second-order valence-electron chi connectivity index (χ2n) is 8.98. The first-order valence-electron chi connectivity index (χ1n) is 11.5. The molecule has 0 saturated carbocycles. The number of hydrogen-bond acceptors (Lipinski definition) is 3. The van der Waals surface area contributed by atoms with Crippen LogP contribution in [0.5, 0.6) is 0 Å². The molecule has 158 valence electrons. The number of fused-ring (bicyclic) bond motifs is 3. The van der Waals surface area contributed by atoms with E-state index in [1.54, 1.807) is 0 Å². The van der Waals surface area contributed by atoms with E-state index < -0.39 is 0 Å². The summed E-state index contributed by atoms with van der Waals surface area (Å²) in [6.07, 6.45) is 4.56. The van der Waals surface area contributed by atoms with Gasteiger partial charge in [0.05, 0.1) is 12.6 Å². The average molecular weight is 404 g/mol. The number of rotatable bonds is 6. The molecule has 0 unspecified atom stereocenters. The molecular weight excluding hydrogens is 370 g/mol. The molecule has 2 aromatic carbocycles. The number of benzene rings is 2. The molecule has 2 heterocycles. The zero-order valence-electron chi connectivity index (χ0n) is 17.8. The van der Waals surface area contributed by atoms with Crippen molar-refractivity contribution >= 4 is 10.9 Å². The minimum atomic E-state index is -0.326. The molecule has 30 heavy (non-hydrogen) atoms. The van der Waals surface area contributed by atoms with Crippen molar-refractivity contribution in [2.24, 2.45) is 0 Å². The second kappa shape index (κ2) is 8.93. The first-order valence-corrected chi connectivity index (χ1v) is 11.5. The Bertz CT molecular complexity index is 973. The van der Waals surface area contributed by atoms with Crippen molar-refractivity contribution in [1.29, 1.82) is 0 Å². The number of nitrogens with zero attached hydrogens (tertiary/aromatic N) is 3. The van der Waals surface area contributed by atoms with Gasteiger partial charge in [0.15, 0.2) is 0 Å². The maximum absolute atomic E-state index is 11.0. The summed E-state index contributed by atoms with van der Waals surface area (Å²) in [6.45, 7) is 6.72. The van der Waals surface area contributed by atoms with Gasteiger partial charge in [0.1, 0.15) is 0 Å². The van der Waals surface area contributed by atoms with Gasteiger partial charge in [-0.2, -0.15) is 0 Å². The van der Waals surface area contributed by atoms with E-state index in [9.17, 15) is 5.11 Å². The van der Waals surface area contributed by atoms with Crippen LogP contribution in [0.2, 0.25) is 0 Å². The summed E-state index contributed by atoms with van der Waals surface area (Å²) in [5.41, 5.74) is 5.68. The zero-order chi connectivity index (χ0) is 20.3. The van der Waals surface area contributed by atoms with Gasteiger partial charge in [-0.1, -0.05) is 48.5 Å². The van der Waals surface area contributed by atoms with E-state index in [0.29, 0.717) is 6.54 Å². The van der Waals surface area contributed by atoms with Crippen molar-refractivity contribution in [3.8, 4) is 0 Å². The molecule has 0 radical (unpaired) electrons. The zero-order valence-corrected chi connectivity index (χ0v) is 17.8. The molecular formula is C26H33N3O. The van der Waals surface area contributed by atoms with Gasteiger partial charge in [0, 0.05) is 55.9 Å². The predicted molar refractivity (Wildman–Crippen MR) is 123 cm³/mol. The number of aliphatic hydroxyl groups excluding tert-OH is 1. The molecule has 2 aliphatic rings. The lowest BCUT2D eigenvalue weighted by atomic mass is 9.95. The van der Waals surface area contributed by atoms with Crippen LogP contribution in [0, 0.1) is 0 Å². The molecule has 5 rings (SSSR count). The molecule has 1 aliphatic carbocycles. The lowest BCUT2D eigenvalue weighted by Gasteiger charge is -2.35. The smallest absolute Gasteiger partial charge is 0.0845 e. The molecule has 1 fully saturated rings. The Morgan fingerprint density at radius 2 is 1.47 bits per heavy atom. The van der Waals surface area contributed by atoms with Crippen molar-refractivity contribution < 1.29 is 5.11 Å². The molecule has 0 bridgehead atoms. The van der Waals surface area contributed by atoms with Gasteiger partial charge in [-0.15, -0.1) is 0 Å². The van der Waals surface area contributed by atoms with Gasteiger partial charge in [-0.25, -0.2) is 0 Å². The molecule has 3 aromatic rings. The summed E-state index contributed by atoms with van der Waals surface area (Å²) in [6, 6.07) is 19.5. The Labute approximate surface area is 179 Å². The number of aryl methyl sites for hydroxylation is 1. The Morgan fingerprint density at radius 1 is 0.767 bits per heavy atom. The van der Waals surface area contributed by atoms with Gasteiger partial charge in [0.25, 0.3) is 0 Å². The van der Waals surface area contributed by atoms with E-state index in [-0.39, 0.29) is 6.10 Å². The lowest BCUT2D eigenvalue weighted by Crippen LogP contribution is -2.48. The largest absolute Gasteiger partial charge is 0.390 e. The maximum Gasteiger partial charge on any atom is 0.0845 e. The van der Waals surface area contributed by atoms with Crippen LogP contribution in [0.4, 0.5) is 0 Å². The summed E-state index contributed by atoms with van der Waals surface area (Å²) in [7, 11) is 0. The van der Waals surface area contributed by atoms with E-state index in [0.717, 1.165) is 45.7 Å². The minimum absolute atomic E-state index is 0.326. The summed E-state index contributed by atoms with van der Waals surface area (Å²) in [5.74, 6) is 0. The van der Waals surface area contributed by atoms with Crippen molar-refractivity contribution in [3.63, 3.8) is 0 Å². The summed E-state index contributed by atoms with van der Waals surface area (Å²) in [4.78, 5) is 4.96. The molecule has 0 spiro atoms. The summed E-state index contributed by atoms with van der Waals surface area (Å²) in [5, 5.41) is 12.4. The fraction of sp³-hybridized carbons (Fsp3) is 0.462. The van der Waals surface area contributed by atoms with Gasteiger partial charge in [-0.05, 0) is 42.9 Å². The third kappa shape index (κ3) is 4.18. The topological polar surface area (TPSA) is 31.6 Å². The Kier molecular flexibility index (Phi) is 5.89.